The van der Waals surface area contributed by atoms with Gasteiger partial charge in [-0.2, -0.15) is 5.26 Å². The first kappa shape index (κ1) is 10.7. The smallest absolute Gasteiger partial charge is 0.267 e. The van der Waals surface area contributed by atoms with E-state index in [1.807, 2.05) is 0 Å². The SMILES string of the molecule is N#Cc1nc(N)c(C(F)F)cc1CCl. The summed E-state index contributed by atoms with van der Waals surface area (Å²) < 4.78 is 24.7. The molecule has 1 aromatic heterocycles. The lowest BCUT2D eigenvalue weighted by Gasteiger charge is -2.06. The zero-order valence-electron chi connectivity index (χ0n) is 6.97. The van der Waals surface area contributed by atoms with Crippen LogP contribution in [0.5, 0.6) is 0 Å². The molecule has 0 aliphatic carbocycles. The van der Waals surface area contributed by atoms with Crippen LogP contribution in [0.1, 0.15) is 23.2 Å². The second-order valence-corrected chi connectivity index (χ2v) is 2.78. The number of nitrogen functional groups attached to an aromatic ring is 1. The standard InChI is InChI=1S/C8H6ClF2N3/c9-2-4-1-5(7(10)11)8(13)14-6(4)3-12/h1,7H,2H2,(H2,13,14). The highest BCUT2D eigenvalue weighted by atomic mass is 35.5. The van der Waals surface area contributed by atoms with Crippen molar-refractivity contribution in [3.05, 3.63) is 22.9 Å². The van der Waals surface area contributed by atoms with Gasteiger partial charge in [0.1, 0.15) is 17.6 Å². The van der Waals surface area contributed by atoms with E-state index in [0.29, 0.717) is 0 Å². The third-order valence-corrected chi connectivity index (χ3v) is 1.93. The first-order chi connectivity index (χ1) is 6.60. The molecule has 1 heterocycles. The number of pyridine rings is 1. The maximum absolute atomic E-state index is 12.3. The van der Waals surface area contributed by atoms with Gasteiger partial charge in [-0.25, -0.2) is 13.8 Å². The summed E-state index contributed by atoms with van der Waals surface area (Å²) in [5, 5.41) is 8.59. The molecule has 0 aliphatic rings. The molecule has 0 amide bonds. The molecule has 0 aromatic carbocycles. The van der Waals surface area contributed by atoms with E-state index in [9.17, 15) is 8.78 Å². The average Bonchev–Trinajstić information content (AvgIpc) is 2.16. The molecule has 3 nitrogen and oxygen atoms in total. The Bertz CT molecular complexity index is 386. The summed E-state index contributed by atoms with van der Waals surface area (Å²) in [6, 6.07) is 2.84. The number of rotatable bonds is 2. The topological polar surface area (TPSA) is 62.7 Å². The van der Waals surface area contributed by atoms with Crippen molar-refractivity contribution in [1.29, 1.82) is 5.26 Å². The second kappa shape index (κ2) is 4.20. The molecule has 0 aliphatic heterocycles. The van der Waals surface area contributed by atoms with Gasteiger partial charge in [-0.1, -0.05) is 0 Å². The quantitative estimate of drug-likeness (QED) is 0.773. The van der Waals surface area contributed by atoms with Crippen molar-refractivity contribution in [1.82, 2.24) is 4.98 Å². The molecule has 1 rings (SSSR count). The van der Waals surface area contributed by atoms with E-state index in [0.717, 1.165) is 6.07 Å². The van der Waals surface area contributed by atoms with Crippen LogP contribution in [-0.4, -0.2) is 4.98 Å². The Morgan fingerprint density at radius 1 is 1.64 bits per heavy atom. The Hall–Kier alpha value is -1.41. The van der Waals surface area contributed by atoms with Crippen LogP contribution in [-0.2, 0) is 5.88 Å². The Labute approximate surface area is 84.1 Å². The largest absolute Gasteiger partial charge is 0.383 e. The first-order valence-corrected chi connectivity index (χ1v) is 4.17. The molecule has 1 aromatic rings. The van der Waals surface area contributed by atoms with E-state index in [1.54, 1.807) is 6.07 Å². The molecule has 2 N–H and O–H groups in total. The monoisotopic (exact) mass is 217 g/mol. The Balaban J connectivity index is 3.32. The zero-order valence-corrected chi connectivity index (χ0v) is 7.72. The molecule has 0 fully saturated rings. The van der Waals surface area contributed by atoms with Crippen LogP contribution in [0.15, 0.2) is 6.07 Å². The summed E-state index contributed by atoms with van der Waals surface area (Å²) in [6.07, 6.45) is -2.71. The van der Waals surface area contributed by atoms with Crippen LogP contribution in [0.2, 0.25) is 0 Å². The molecule has 6 heteroatoms. The van der Waals surface area contributed by atoms with Gasteiger partial charge < -0.3 is 5.73 Å². The Morgan fingerprint density at radius 2 is 2.29 bits per heavy atom. The lowest BCUT2D eigenvalue weighted by atomic mass is 10.1. The van der Waals surface area contributed by atoms with Gasteiger partial charge in [0.15, 0.2) is 0 Å². The lowest BCUT2D eigenvalue weighted by Crippen LogP contribution is -2.03. The highest BCUT2D eigenvalue weighted by molar-refractivity contribution is 6.17. The number of hydrogen-bond acceptors (Lipinski definition) is 3. The first-order valence-electron chi connectivity index (χ1n) is 3.63. The van der Waals surface area contributed by atoms with Gasteiger partial charge in [-0.3, -0.25) is 0 Å². The van der Waals surface area contributed by atoms with Crippen molar-refractivity contribution in [3.8, 4) is 6.07 Å². The summed E-state index contributed by atoms with van der Waals surface area (Å²) in [7, 11) is 0. The predicted molar refractivity (Wildman–Crippen MR) is 47.9 cm³/mol. The highest BCUT2D eigenvalue weighted by Crippen LogP contribution is 2.26. The minimum absolute atomic E-state index is 0.0121. The number of nitriles is 1. The maximum Gasteiger partial charge on any atom is 0.267 e. The van der Waals surface area contributed by atoms with E-state index in [-0.39, 0.29) is 28.5 Å². The van der Waals surface area contributed by atoms with Gasteiger partial charge in [0.25, 0.3) is 6.43 Å². The van der Waals surface area contributed by atoms with Crippen LogP contribution in [0, 0.1) is 11.3 Å². The third kappa shape index (κ3) is 1.91. The van der Waals surface area contributed by atoms with Crippen LogP contribution >= 0.6 is 11.6 Å². The number of hydrogen-bond donors (Lipinski definition) is 1. The molecule has 0 atom stereocenters. The van der Waals surface area contributed by atoms with Crippen molar-refractivity contribution in [3.63, 3.8) is 0 Å². The molecule has 0 bridgehead atoms. The molecule has 0 saturated carbocycles. The van der Waals surface area contributed by atoms with Crippen LogP contribution in [0.25, 0.3) is 0 Å². The summed E-state index contributed by atoms with van der Waals surface area (Å²) in [5.74, 6) is -0.374. The van der Waals surface area contributed by atoms with Crippen molar-refractivity contribution in [2.24, 2.45) is 0 Å². The molecule has 0 spiro atoms. The van der Waals surface area contributed by atoms with E-state index >= 15 is 0 Å². The minimum Gasteiger partial charge on any atom is -0.383 e. The number of nitrogens with two attached hydrogens (primary N) is 1. The molecule has 74 valence electrons. The average molecular weight is 218 g/mol. The fraction of sp³-hybridized carbons (Fsp3) is 0.250. The summed E-state index contributed by atoms with van der Waals surface area (Å²) >= 11 is 5.46. The van der Waals surface area contributed by atoms with Gasteiger partial charge in [-0.15, -0.1) is 11.6 Å². The van der Waals surface area contributed by atoms with Crippen molar-refractivity contribution < 1.29 is 8.78 Å². The summed E-state index contributed by atoms with van der Waals surface area (Å²) in [6.45, 7) is 0. The van der Waals surface area contributed by atoms with Crippen LogP contribution in [0.3, 0.4) is 0 Å². The van der Waals surface area contributed by atoms with Crippen LogP contribution < -0.4 is 5.73 Å². The predicted octanol–water partition coefficient (Wildman–Crippen LogP) is 2.21. The van der Waals surface area contributed by atoms with Crippen molar-refractivity contribution in [2.45, 2.75) is 12.3 Å². The maximum atomic E-state index is 12.3. The Morgan fingerprint density at radius 3 is 2.71 bits per heavy atom. The van der Waals surface area contributed by atoms with E-state index in [1.165, 1.54) is 0 Å². The lowest BCUT2D eigenvalue weighted by molar-refractivity contribution is 0.152. The summed E-state index contributed by atoms with van der Waals surface area (Å²) in [5.41, 5.74) is 5.10. The Kier molecular flexibility index (Phi) is 3.20. The van der Waals surface area contributed by atoms with Crippen molar-refractivity contribution in [2.75, 3.05) is 5.73 Å². The molecule has 0 saturated heterocycles. The van der Waals surface area contributed by atoms with E-state index in [2.05, 4.69) is 4.98 Å². The number of anilines is 1. The number of nitrogens with zero attached hydrogens (tertiary/aromatic N) is 2. The molecular weight excluding hydrogens is 212 g/mol. The molecule has 0 unspecified atom stereocenters. The van der Waals surface area contributed by atoms with Gasteiger partial charge in [-0.05, 0) is 6.07 Å². The summed E-state index contributed by atoms with van der Waals surface area (Å²) in [4.78, 5) is 3.54. The van der Waals surface area contributed by atoms with Gasteiger partial charge in [0.2, 0.25) is 0 Å². The number of halogens is 3. The van der Waals surface area contributed by atoms with Crippen molar-refractivity contribution >= 4 is 17.4 Å². The van der Waals surface area contributed by atoms with Gasteiger partial charge in [0.05, 0.1) is 11.4 Å². The van der Waals surface area contributed by atoms with E-state index in [4.69, 9.17) is 22.6 Å². The third-order valence-electron chi connectivity index (χ3n) is 1.65. The zero-order chi connectivity index (χ0) is 10.7. The second-order valence-electron chi connectivity index (χ2n) is 2.52. The molecule has 14 heavy (non-hydrogen) atoms. The number of alkyl halides is 3. The fourth-order valence-electron chi connectivity index (χ4n) is 0.960. The normalized spacial score (nSPS) is 10.2. The molecular formula is C8H6ClF2N3. The number of aromatic nitrogens is 1. The van der Waals surface area contributed by atoms with Gasteiger partial charge in [0, 0.05) is 5.56 Å². The minimum atomic E-state index is -2.71. The fourth-order valence-corrected chi connectivity index (χ4v) is 1.16. The highest BCUT2D eigenvalue weighted by Gasteiger charge is 2.15. The molecule has 0 radical (unpaired) electrons. The van der Waals surface area contributed by atoms with E-state index < -0.39 is 6.43 Å². The van der Waals surface area contributed by atoms with Crippen LogP contribution in [0.4, 0.5) is 14.6 Å². The van der Waals surface area contributed by atoms with Gasteiger partial charge >= 0.3 is 0 Å².